The highest BCUT2D eigenvalue weighted by atomic mass is 16.5. The number of hydrogen-bond donors (Lipinski definition) is 0. The fraction of sp³-hybridized carbons (Fsp3) is 0.300. The van der Waals surface area contributed by atoms with Crippen LogP contribution in [0.25, 0.3) is 0 Å². The molecule has 0 unspecified atom stereocenters. The third kappa shape index (κ3) is 5.47. The molecule has 0 aliphatic rings. The van der Waals surface area contributed by atoms with Crippen molar-refractivity contribution in [1.82, 2.24) is 0 Å². The highest BCUT2D eigenvalue weighted by molar-refractivity contribution is 5.86. The fourth-order valence-electron chi connectivity index (χ4n) is 0.492. The second-order valence-electron chi connectivity index (χ2n) is 2.33. The number of allylic oxidation sites excluding steroid dienone is 3. The van der Waals surface area contributed by atoms with Crippen LogP contribution in [0.4, 0.5) is 0 Å². The SMILES string of the molecule is C=C(C)C(=O)OC/C=C/C=C/C. The number of ether oxygens (including phenoxy) is 1. The van der Waals surface area contributed by atoms with Crippen molar-refractivity contribution in [3.8, 4) is 0 Å². The highest BCUT2D eigenvalue weighted by Gasteiger charge is 1.99. The van der Waals surface area contributed by atoms with E-state index in [0.717, 1.165) is 0 Å². The van der Waals surface area contributed by atoms with Gasteiger partial charge in [0, 0.05) is 5.57 Å². The minimum Gasteiger partial charge on any atom is -0.458 e. The standard InChI is InChI=1S/C10H14O2/c1-4-5-6-7-8-12-10(11)9(2)3/h4-7H,2,8H2,1,3H3/b5-4+,7-6+. The van der Waals surface area contributed by atoms with E-state index >= 15 is 0 Å². The molecule has 0 aromatic heterocycles. The summed E-state index contributed by atoms with van der Waals surface area (Å²) in [5.74, 6) is -0.347. The van der Waals surface area contributed by atoms with Crippen LogP contribution >= 0.6 is 0 Å². The maximum atomic E-state index is 10.8. The molecule has 0 aliphatic heterocycles. The van der Waals surface area contributed by atoms with Crippen molar-refractivity contribution < 1.29 is 9.53 Å². The Bertz CT molecular complexity index is 212. The van der Waals surface area contributed by atoms with E-state index < -0.39 is 0 Å². The molecular weight excluding hydrogens is 152 g/mol. The second kappa shape index (κ2) is 6.40. The van der Waals surface area contributed by atoms with Gasteiger partial charge in [0.05, 0.1) is 0 Å². The summed E-state index contributed by atoms with van der Waals surface area (Å²) < 4.78 is 4.79. The molecule has 2 nitrogen and oxygen atoms in total. The Hall–Kier alpha value is -1.31. The zero-order valence-corrected chi connectivity index (χ0v) is 7.54. The minimum atomic E-state index is -0.347. The summed E-state index contributed by atoms with van der Waals surface area (Å²) in [7, 11) is 0. The van der Waals surface area contributed by atoms with Crippen LogP contribution in [0.3, 0.4) is 0 Å². The van der Waals surface area contributed by atoms with Gasteiger partial charge in [-0.05, 0) is 19.9 Å². The summed E-state index contributed by atoms with van der Waals surface area (Å²) in [6, 6.07) is 0. The number of carbonyl (C=O) groups is 1. The molecule has 0 heterocycles. The van der Waals surface area contributed by atoms with Gasteiger partial charge in [0.2, 0.25) is 0 Å². The molecular formula is C10H14O2. The molecule has 0 spiro atoms. The highest BCUT2D eigenvalue weighted by Crippen LogP contribution is 1.91. The Balaban J connectivity index is 3.56. The Kier molecular flexibility index (Phi) is 5.70. The van der Waals surface area contributed by atoms with E-state index in [0.29, 0.717) is 12.2 Å². The van der Waals surface area contributed by atoms with Crippen LogP contribution in [-0.4, -0.2) is 12.6 Å². The molecule has 12 heavy (non-hydrogen) atoms. The van der Waals surface area contributed by atoms with Gasteiger partial charge in [-0.3, -0.25) is 0 Å². The van der Waals surface area contributed by atoms with Crippen molar-refractivity contribution >= 4 is 5.97 Å². The van der Waals surface area contributed by atoms with Crippen molar-refractivity contribution in [2.75, 3.05) is 6.61 Å². The molecule has 0 aromatic carbocycles. The molecule has 0 amide bonds. The van der Waals surface area contributed by atoms with Crippen molar-refractivity contribution in [2.24, 2.45) is 0 Å². The molecule has 2 heteroatoms. The lowest BCUT2D eigenvalue weighted by Crippen LogP contribution is -2.04. The van der Waals surface area contributed by atoms with Crippen LogP contribution in [0, 0.1) is 0 Å². The first-order chi connectivity index (χ1) is 5.68. The van der Waals surface area contributed by atoms with Gasteiger partial charge < -0.3 is 4.74 Å². The summed E-state index contributed by atoms with van der Waals surface area (Å²) in [5.41, 5.74) is 0.425. The van der Waals surface area contributed by atoms with Gasteiger partial charge in [-0.25, -0.2) is 4.79 Å². The lowest BCUT2D eigenvalue weighted by atomic mass is 10.4. The first kappa shape index (κ1) is 10.7. The van der Waals surface area contributed by atoms with Crippen LogP contribution in [0.1, 0.15) is 13.8 Å². The maximum Gasteiger partial charge on any atom is 0.333 e. The predicted molar refractivity (Wildman–Crippen MR) is 49.7 cm³/mol. The van der Waals surface area contributed by atoms with Gasteiger partial charge in [-0.1, -0.05) is 24.8 Å². The number of esters is 1. The lowest BCUT2D eigenvalue weighted by Gasteiger charge is -1.98. The van der Waals surface area contributed by atoms with E-state index in [4.69, 9.17) is 4.74 Å². The molecule has 0 rings (SSSR count). The predicted octanol–water partition coefficient (Wildman–Crippen LogP) is 2.24. The van der Waals surface area contributed by atoms with Gasteiger partial charge in [-0.15, -0.1) is 0 Å². The van der Waals surface area contributed by atoms with E-state index in [2.05, 4.69) is 6.58 Å². The Labute approximate surface area is 73.2 Å². The summed E-state index contributed by atoms with van der Waals surface area (Å²) in [6.07, 6.45) is 7.36. The van der Waals surface area contributed by atoms with Gasteiger partial charge in [0.15, 0.2) is 0 Å². The Morgan fingerprint density at radius 3 is 2.67 bits per heavy atom. The first-order valence-corrected chi connectivity index (χ1v) is 3.79. The molecule has 0 N–H and O–H groups in total. The van der Waals surface area contributed by atoms with Crippen LogP contribution in [-0.2, 0) is 9.53 Å². The minimum absolute atomic E-state index is 0.302. The molecule has 66 valence electrons. The fourth-order valence-corrected chi connectivity index (χ4v) is 0.492. The van der Waals surface area contributed by atoms with E-state index in [1.165, 1.54) is 0 Å². The van der Waals surface area contributed by atoms with Gasteiger partial charge in [-0.2, -0.15) is 0 Å². The average Bonchev–Trinajstić information content (AvgIpc) is 2.03. The van der Waals surface area contributed by atoms with Crippen LogP contribution in [0.15, 0.2) is 36.5 Å². The van der Waals surface area contributed by atoms with Gasteiger partial charge in [0.25, 0.3) is 0 Å². The van der Waals surface area contributed by atoms with Gasteiger partial charge >= 0.3 is 5.97 Å². The number of hydrogen-bond acceptors (Lipinski definition) is 2. The second-order valence-corrected chi connectivity index (χ2v) is 2.33. The Morgan fingerprint density at radius 1 is 1.50 bits per heavy atom. The topological polar surface area (TPSA) is 26.3 Å². The quantitative estimate of drug-likeness (QED) is 0.363. The molecule has 0 fully saturated rings. The first-order valence-electron chi connectivity index (χ1n) is 3.79. The summed E-state index contributed by atoms with van der Waals surface area (Å²) in [6.45, 7) is 7.30. The summed E-state index contributed by atoms with van der Waals surface area (Å²) in [4.78, 5) is 10.8. The van der Waals surface area contributed by atoms with Crippen LogP contribution < -0.4 is 0 Å². The lowest BCUT2D eigenvalue weighted by molar-refractivity contribution is -0.137. The van der Waals surface area contributed by atoms with E-state index in [9.17, 15) is 4.79 Å². The number of carbonyl (C=O) groups excluding carboxylic acids is 1. The molecule has 0 aliphatic carbocycles. The van der Waals surface area contributed by atoms with E-state index in [-0.39, 0.29) is 5.97 Å². The molecule has 0 saturated carbocycles. The molecule has 0 saturated heterocycles. The zero-order chi connectivity index (χ0) is 9.40. The third-order valence-electron chi connectivity index (χ3n) is 1.10. The normalized spacial score (nSPS) is 10.8. The van der Waals surface area contributed by atoms with Gasteiger partial charge in [0.1, 0.15) is 6.61 Å². The Morgan fingerprint density at radius 2 is 2.17 bits per heavy atom. The van der Waals surface area contributed by atoms with Crippen molar-refractivity contribution in [1.29, 1.82) is 0 Å². The maximum absolute atomic E-state index is 10.8. The molecule has 0 aromatic rings. The van der Waals surface area contributed by atoms with E-state index in [1.807, 2.05) is 25.2 Å². The average molecular weight is 166 g/mol. The van der Waals surface area contributed by atoms with Crippen LogP contribution in [0.2, 0.25) is 0 Å². The smallest absolute Gasteiger partial charge is 0.333 e. The molecule has 0 radical (unpaired) electrons. The van der Waals surface area contributed by atoms with Crippen molar-refractivity contribution in [3.63, 3.8) is 0 Å². The third-order valence-corrected chi connectivity index (χ3v) is 1.10. The zero-order valence-electron chi connectivity index (χ0n) is 7.54. The van der Waals surface area contributed by atoms with Crippen molar-refractivity contribution in [2.45, 2.75) is 13.8 Å². The summed E-state index contributed by atoms with van der Waals surface area (Å²) >= 11 is 0. The van der Waals surface area contributed by atoms with E-state index in [1.54, 1.807) is 13.0 Å². The van der Waals surface area contributed by atoms with Crippen LogP contribution in [0.5, 0.6) is 0 Å². The molecule has 0 bridgehead atoms. The monoisotopic (exact) mass is 166 g/mol. The molecule has 0 atom stereocenters. The van der Waals surface area contributed by atoms with Crippen molar-refractivity contribution in [3.05, 3.63) is 36.5 Å². The summed E-state index contributed by atoms with van der Waals surface area (Å²) in [5, 5.41) is 0. The largest absolute Gasteiger partial charge is 0.458 e. The number of rotatable bonds is 4.